The topological polar surface area (TPSA) is 58.6 Å². The Kier molecular flexibility index (Phi) is 5.38. The first kappa shape index (κ1) is 16.5. The summed E-state index contributed by atoms with van der Waals surface area (Å²) in [5, 5.41) is 0. The van der Waals surface area contributed by atoms with Gasteiger partial charge in [0.05, 0.1) is 13.2 Å². The lowest BCUT2D eigenvalue weighted by Crippen LogP contribution is -2.40. The van der Waals surface area contributed by atoms with Crippen LogP contribution in [0.3, 0.4) is 0 Å². The Hall–Kier alpha value is -1.34. The van der Waals surface area contributed by atoms with Crippen molar-refractivity contribution in [2.75, 3.05) is 55.8 Å². The first-order valence-corrected chi connectivity index (χ1v) is 9.39. The van der Waals surface area contributed by atoms with Crippen molar-refractivity contribution in [3.63, 3.8) is 0 Å². The van der Waals surface area contributed by atoms with Crippen molar-refractivity contribution in [1.82, 2.24) is 14.9 Å². The van der Waals surface area contributed by atoms with Crippen LogP contribution >= 0.6 is 11.8 Å². The molecule has 23 heavy (non-hydrogen) atoms. The van der Waals surface area contributed by atoms with Gasteiger partial charge in [0.2, 0.25) is 5.95 Å². The van der Waals surface area contributed by atoms with E-state index in [1.165, 1.54) is 0 Å². The van der Waals surface area contributed by atoms with Crippen molar-refractivity contribution in [2.45, 2.75) is 19.8 Å². The number of anilines is 1. The van der Waals surface area contributed by atoms with Crippen LogP contribution in [-0.2, 0) is 4.74 Å². The quantitative estimate of drug-likeness (QED) is 0.836. The minimum absolute atomic E-state index is 0.0316. The monoisotopic (exact) mass is 336 g/mol. The number of aromatic nitrogens is 2. The Morgan fingerprint density at radius 1 is 1.17 bits per heavy atom. The molecule has 3 rings (SSSR count). The first-order valence-electron chi connectivity index (χ1n) is 8.24. The summed E-state index contributed by atoms with van der Waals surface area (Å²) in [5.41, 5.74) is 1.45. The molecule has 0 N–H and O–H groups in total. The SMILES string of the molecule is CC(C)c1cc(C(=O)N2CCSCC2)nc(N2CCOCC2)n1. The molecule has 3 heterocycles. The molecule has 1 aromatic rings. The number of carbonyl (C=O) groups excluding carboxylic acids is 1. The third-order valence-corrected chi connectivity index (χ3v) is 5.08. The summed E-state index contributed by atoms with van der Waals surface area (Å²) in [6.07, 6.45) is 0. The molecule has 0 spiro atoms. The summed E-state index contributed by atoms with van der Waals surface area (Å²) in [5.74, 6) is 2.97. The summed E-state index contributed by atoms with van der Waals surface area (Å²) >= 11 is 1.90. The summed E-state index contributed by atoms with van der Waals surface area (Å²) in [4.78, 5) is 26.1. The number of hydrogen-bond donors (Lipinski definition) is 0. The van der Waals surface area contributed by atoms with Crippen LogP contribution in [0.5, 0.6) is 0 Å². The fourth-order valence-electron chi connectivity index (χ4n) is 2.69. The van der Waals surface area contributed by atoms with E-state index in [1.54, 1.807) is 0 Å². The van der Waals surface area contributed by atoms with E-state index in [0.717, 1.165) is 43.4 Å². The van der Waals surface area contributed by atoms with Gasteiger partial charge in [0.1, 0.15) is 5.69 Å². The largest absolute Gasteiger partial charge is 0.378 e. The van der Waals surface area contributed by atoms with Gasteiger partial charge < -0.3 is 14.5 Å². The van der Waals surface area contributed by atoms with Gasteiger partial charge in [0.15, 0.2) is 0 Å². The lowest BCUT2D eigenvalue weighted by atomic mass is 10.1. The maximum atomic E-state index is 12.8. The molecule has 0 aromatic carbocycles. The zero-order valence-electron chi connectivity index (χ0n) is 13.8. The average Bonchev–Trinajstić information content (AvgIpc) is 2.62. The summed E-state index contributed by atoms with van der Waals surface area (Å²) < 4.78 is 5.40. The maximum absolute atomic E-state index is 12.8. The fraction of sp³-hybridized carbons (Fsp3) is 0.688. The van der Waals surface area contributed by atoms with E-state index in [0.29, 0.717) is 24.9 Å². The number of thioether (sulfide) groups is 1. The van der Waals surface area contributed by atoms with Crippen LogP contribution in [0, 0.1) is 0 Å². The summed E-state index contributed by atoms with van der Waals surface area (Å²) in [6.45, 7) is 8.71. The third-order valence-electron chi connectivity index (χ3n) is 4.14. The molecular formula is C16H24N4O2S. The Morgan fingerprint density at radius 3 is 2.52 bits per heavy atom. The van der Waals surface area contributed by atoms with Crippen molar-refractivity contribution in [2.24, 2.45) is 0 Å². The van der Waals surface area contributed by atoms with E-state index in [-0.39, 0.29) is 11.8 Å². The molecule has 1 amide bonds. The number of amides is 1. The van der Waals surface area contributed by atoms with Crippen LogP contribution in [0.1, 0.15) is 35.9 Å². The minimum atomic E-state index is 0.0316. The molecular weight excluding hydrogens is 312 g/mol. The normalized spacial score (nSPS) is 19.3. The van der Waals surface area contributed by atoms with Gasteiger partial charge in [-0.05, 0) is 12.0 Å². The zero-order valence-corrected chi connectivity index (χ0v) is 14.6. The average molecular weight is 336 g/mol. The number of nitrogens with zero attached hydrogens (tertiary/aromatic N) is 4. The lowest BCUT2D eigenvalue weighted by Gasteiger charge is -2.29. The molecule has 2 fully saturated rings. The first-order chi connectivity index (χ1) is 11.1. The molecule has 0 saturated carbocycles. The second-order valence-corrected chi connectivity index (χ2v) is 7.36. The van der Waals surface area contributed by atoms with Gasteiger partial charge in [-0.1, -0.05) is 13.8 Å². The highest BCUT2D eigenvalue weighted by Gasteiger charge is 2.23. The van der Waals surface area contributed by atoms with Gasteiger partial charge in [-0.2, -0.15) is 11.8 Å². The summed E-state index contributed by atoms with van der Waals surface area (Å²) in [7, 11) is 0. The van der Waals surface area contributed by atoms with Crippen molar-refractivity contribution in [3.8, 4) is 0 Å². The summed E-state index contributed by atoms with van der Waals surface area (Å²) in [6, 6.07) is 1.86. The third kappa shape index (κ3) is 3.95. The van der Waals surface area contributed by atoms with Gasteiger partial charge in [0, 0.05) is 43.4 Å². The van der Waals surface area contributed by atoms with E-state index in [4.69, 9.17) is 4.74 Å². The van der Waals surface area contributed by atoms with Crippen LogP contribution in [0.25, 0.3) is 0 Å². The van der Waals surface area contributed by atoms with Crippen LogP contribution in [0.15, 0.2) is 6.07 Å². The van der Waals surface area contributed by atoms with E-state index in [1.807, 2.05) is 22.7 Å². The van der Waals surface area contributed by atoms with E-state index in [2.05, 4.69) is 28.7 Å². The van der Waals surface area contributed by atoms with Crippen LogP contribution in [0.4, 0.5) is 5.95 Å². The maximum Gasteiger partial charge on any atom is 0.272 e. The number of carbonyl (C=O) groups is 1. The predicted octanol–water partition coefficient (Wildman–Crippen LogP) is 1.63. The highest BCUT2D eigenvalue weighted by molar-refractivity contribution is 7.99. The molecule has 0 aliphatic carbocycles. The van der Waals surface area contributed by atoms with Gasteiger partial charge in [-0.15, -0.1) is 0 Å². The van der Waals surface area contributed by atoms with E-state index >= 15 is 0 Å². The number of morpholine rings is 1. The number of rotatable bonds is 3. The zero-order chi connectivity index (χ0) is 16.2. The highest BCUT2D eigenvalue weighted by atomic mass is 32.2. The molecule has 6 nitrogen and oxygen atoms in total. The minimum Gasteiger partial charge on any atom is -0.378 e. The Bertz CT molecular complexity index is 555. The number of ether oxygens (including phenoxy) is 1. The molecule has 0 unspecified atom stereocenters. The standard InChI is InChI=1S/C16H24N4O2S/c1-12(2)13-11-14(15(21)19-5-9-23-10-6-19)18-16(17-13)20-3-7-22-8-4-20/h11-12H,3-10H2,1-2H3. The van der Waals surface area contributed by atoms with Crippen LogP contribution in [0.2, 0.25) is 0 Å². The van der Waals surface area contributed by atoms with E-state index < -0.39 is 0 Å². The Labute approximate surface area is 141 Å². The van der Waals surface area contributed by atoms with E-state index in [9.17, 15) is 4.79 Å². The lowest BCUT2D eigenvalue weighted by molar-refractivity contribution is 0.0766. The second-order valence-electron chi connectivity index (χ2n) is 6.14. The molecule has 2 saturated heterocycles. The molecule has 0 radical (unpaired) electrons. The van der Waals surface area contributed by atoms with Crippen LogP contribution < -0.4 is 4.90 Å². The van der Waals surface area contributed by atoms with Crippen molar-refractivity contribution >= 4 is 23.6 Å². The van der Waals surface area contributed by atoms with Gasteiger partial charge in [-0.3, -0.25) is 4.79 Å². The molecule has 0 bridgehead atoms. The predicted molar refractivity (Wildman–Crippen MR) is 92.4 cm³/mol. The molecule has 1 aromatic heterocycles. The fourth-order valence-corrected chi connectivity index (χ4v) is 3.59. The molecule has 2 aliphatic heterocycles. The van der Waals surface area contributed by atoms with Gasteiger partial charge >= 0.3 is 0 Å². The van der Waals surface area contributed by atoms with Crippen molar-refractivity contribution in [1.29, 1.82) is 0 Å². The van der Waals surface area contributed by atoms with Crippen LogP contribution in [-0.4, -0.2) is 71.7 Å². The number of hydrogen-bond acceptors (Lipinski definition) is 6. The van der Waals surface area contributed by atoms with Gasteiger partial charge in [-0.25, -0.2) is 9.97 Å². The van der Waals surface area contributed by atoms with Crippen molar-refractivity contribution < 1.29 is 9.53 Å². The molecule has 2 aliphatic rings. The van der Waals surface area contributed by atoms with Gasteiger partial charge in [0.25, 0.3) is 5.91 Å². The Morgan fingerprint density at radius 2 is 1.87 bits per heavy atom. The molecule has 126 valence electrons. The Balaban J connectivity index is 1.88. The highest BCUT2D eigenvalue weighted by Crippen LogP contribution is 2.20. The molecule has 0 atom stereocenters. The molecule has 7 heteroatoms. The second kappa shape index (κ2) is 7.49. The van der Waals surface area contributed by atoms with Crippen molar-refractivity contribution in [3.05, 3.63) is 17.5 Å². The smallest absolute Gasteiger partial charge is 0.272 e.